The summed E-state index contributed by atoms with van der Waals surface area (Å²) < 4.78 is 26.9. The minimum Gasteiger partial charge on any atom is -0.313 e. The smallest absolute Gasteiger partial charge is 0.313 e. The number of H-pyrrole nitrogens is 2. The Hall–Kier alpha value is -3.67. The third-order valence-corrected chi connectivity index (χ3v) is 4.53. The molecule has 7 nitrogen and oxygen atoms in total. The Morgan fingerprint density at radius 2 is 1.81 bits per heavy atom. The fraction of sp³-hybridized carbons (Fsp3) is 0.167. The predicted molar refractivity (Wildman–Crippen MR) is 89.9 cm³/mol. The standard InChI is InChI=1S/C18H11F2N5O2/c19-9-1-8(2-10(20)3-9)11-4-12(11)13-5-15(24-25-16(13)6-21)14-7-22-18(27)23-17(14)26/h1-3,5,7,11-12H,4H2,(H2,22,23,26,27)/t11-,12+/m1/s1. The Morgan fingerprint density at radius 3 is 2.48 bits per heavy atom. The zero-order valence-corrected chi connectivity index (χ0v) is 13.7. The summed E-state index contributed by atoms with van der Waals surface area (Å²) in [6.45, 7) is 0. The van der Waals surface area contributed by atoms with Crippen molar-refractivity contribution in [2.24, 2.45) is 0 Å². The summed E-state index contributed by atoms with van der Waals surface area (Å²) in [5, 5.41) is 17.0. The molecule has 4 rings (SSSR count). The number of rotatable bonds is 3. The lowest BCUT2D eigenvalue weighted by molar-refractivity contribution is 0.579. The molecule has 9 heteroatoms. The minimum absolute atomic E-state index is 0.0870. The molecule has 3 aromatic rings. The highest BCUT2D eigenvalue weighted by Crippen LogP contribution is 2.55. The molecule has 2 N–H and O–H groups in total. The number of nitriles is 1. The van der Waals surface area contributed by atoms with E-state index < -0.39 is 22.9 Å². The molecule has 2 heterocycles. The van der Waals surface area contributed by atoms with Crippen LogP contribution in [0.1, 0.15) is 35.1 Å². The van der Waals surface area contributed by atoms with Gasteiger partial charge >= 0.3 is 5.69 Å². The zero-order chi connectivity index (χ0) is 19.1. The highest BCUT2D eigenvalue weighted by atomic mass is 19.1. The fourth-order valence-corrected chi connectivity index (χ4v) is 3.20. The van der Waals surface area contributed by atoms with Crippen LogP contribution in [0.15, 0.2) is 40.1 Å². The van der Waals surface area contributed by atoms with E-state index in [1.54, 1.807) is 6.07 Å². The second-order valence-corrected chi connectivity index (χ2v) is 6.28. The molecule has 1 aliphatic rings. The van der Waals surface area contributed by atoms with Crippen LogP contribution in [0.2, 0.25) is 0 Å². The van der Waals surface area contributed by atoms with Crippen LogP contribution in [0.4, 0.5) is 8.78 Å². The van der Waals surface area contributed by atoms with Gasteiger partial charge in [-0.2, -0.15) is 5.26 Å². The SMILES string of the molecule is N#Cc1nnc(-c2c[nH]c(=O)[nH]c2=O)cc1[C@H]1C[C@@H]1c1cc(F)cc(F)c1. The molecule has 1 aliphatic carbocycles. The van der Waals surface area contributed by atoms with Crippen molar-refractivity contribution >= 4 is 0 Å². The van der Waals surface area contributed by atoms with Gasteiger partial charge in [-0.3, -0.25) is 9.78 Å². The quantitative estimate of drug-likeness (QED) is 0.734. The molecule has 2 atom stereocenters. The molecule has 0 spiro atoms. The molecule has 2 aromatic heterocycles. The molecule has 0 bridgehead atoms. The van der Waals surface area contributed by atoms with Gasteiger partial charge in [-0.1, -0.05) is 0 Å². The van der Waals surface area contributed by atoms with Crippen molar-refractivity contribution in [3.63, 3.8) is 0 Å². The maximum atomic E-state index is 13.5. The van der Waals surface area contributed by atoms with E-state index in [4.69, 9.17) is 0 Å². The largest absolute Gasteiger partial charge is 0.325 e. The maximum absolute atomic E-state index is 13.5. The first kappa shape index (κ1) is 16.8. The van der Waals surface area contributed by atoms with Gasteiger partial charge in [-0.25, -0.2) is 13.6 Å². The number of aromatic nitrogens is 4. The van der Waals surface area contributed by atoms with Crippen LogP contribution in [0, 0.1) is 23.0 Å². The molecule has 0 unspecified atom stereocenters. The van der Waals surface area contributed by atoms with Crippen molar-refractivity contribution in [2.75, 3.05) is 0 Å². The van der Waals surface area contributed by atoms with Gasteiger partial charge in [0.15, 0.2) is 5.69 Å². The van der Waals surface area contributed by atoms with Crippen molar-refractivity contribution in [1.82, 2.24) is 20.2 Å². The van der Waals surface area contributed by atoms with E-state index in [0.717, 1.165) is 6.07 Å². The monoisotopic (exact) mass is 367 g/mol. The van der Waals surface area contributed by atoms with Crippen molar-refractivity contribution < 1.29 is 8.78 Å². The molecule has 1 fully saturated rings. The Labute approximate surface area is 150 Å². The Balaban J connectivity index is 1.74. The van der Waals surface area contributed by atoms with E-state index in [2.05, 4.69) is 20.2 Å². The number of hydrogen-bond donors (Lipinski definition) is 2. The van der Waals surface area contributed by atoms with Gasteiger partial charge < -0.3 is 4.98 Å². The van der Waals surface area contributed by atoms with Crippen molar-refractivity contribution in [3.05, 3.63) is 79.8 Å². The van der Waals surface area contributed by atoms with E-state index in [9.17, 15) is 23.6 Å². The first-order valence-electron chi connectivity index (χ1n) is 8.02. The topological polar surface area (TPSA) is 115 Å². The van der Waals surface area contributed by atoms with Gasteiger partial charge in [-0.15, -0.1) is 10.2 Å². The first-order valence-corrected chi connectivity index (χ1v) is 8.02. The molecule has 1 saturated carbocycles. The number of aromatic amines is 2. The third kappa shape index (κ3) is 3.13. The second kappa shape index (κ2) is 6.25. The van der Waals surface area contributed by atoms with Crippen LogP contribution in [0.25, 0.3) is 11.3 Å². The second-order valence-electron chi connectivity index (χ2n) is 6.28. The summed E-state index contributed by atoms with van der Waals surface area (Å²) in [5.74, 6) is -1.65. The van der Waals surface area contributed by atoms with E-state index in [1.165, 1.54) is 18.3 Å². The van der Waals surface area contributed by atoms with Crippen molar-refractivity contribution in [3.8, 4) is 17.3 Å². The Morgan fingerprint density at radius 1 is 1.07 bits per heavy atom. The van der Waals surface area contributed by atoms with Crippen molar-refractivity contribution in [2.45, 2.75) is 18.3 Å². The molecule has 0 radical (unpaired) electrons. The molecular formula is C18H11F2N5O2. The summed E-state index contributed by atoms with van der Waals surface area (Å²) in [7, 11) is 0. The maximum Gasteiger partial charge on any atom is 0.325 e. The van der Waals surface area contributed by atoms with E-state index in [1.807, 2.05) is 6.07 Å². The van der Waals surface area contributed by atoms with E-state index in [-0.39, 0.29) is 28.8 Å². The summed E-state index contributed by atoms with van der Waals surface area (Å²) in [4.78, 5) is 27.6. The van der Waals surface area contributed by atoms with Gasteiger partial charge in [0.25, 0.3) is 5.56 Å². The summed E-state index contributed by atoms with van der Waals surface area (Å²) >= 11 is 0. The lowest BCUT2D eigenvalue weighted by Gasteiger charge is -2.06. The Bertz CT molecular complexity index is 1190. The molecule has 27 heavy (non-hydrogen) atoms. The van der Waals surface area contributed by atoms with Crippen LogP contribution in [0.3, 0.4) is 0 Å². The van der Waals surface area contributed by atoms with Crippen LogP contribution in [-0.4, -0.2) is 20.2 Å². The summed E-state index contributed by atoms with van der Waals surface area (Å²) in [6, 6.07) is 6.83. The molecule has 0 amide bonds. The van der Waals surface area contributed by atoms with Crippen LogP contribution in [0.5, 0.6) is 0 Å². The lowest BCUT2D eigenvalue weighted by atomic mass is 10.0. The molecule has 1 aromatic carbocycles. The third-order valence-electron chi connectivity index (χ3n) is 4.53. The van der Waals surface area contributed by atoms with Crippen LogP contribution in [-0.2, 0) is 0 Å². The predicted octanol–water partition coefficient (Wildman–Crippen LogP) is 1.94. The molecule has 134 valence electrons. The van der Waals surface area contributed by atoms with E-state index in [0.29, 0.717) is 17.5 Å². The number of nitrogens with zero attached hydrogens (tertiary/aromatic N) is 3. The molecule has 0 saturated heterocycles. The first-order chi connectivity index (χ1) is 13.0. The van der Waals surface area contributed by atoms with Gasteiger partial charge in [0, 0.05) is 12.3 Å². The average Bonchev–Trinajstić information content (AvgIpc) is 3.41. The van der Waals surface area contributed by atoms with Crippen LogP contribution >= 0.6 is 0 Å². The average molecular weight is 367 g/mol. The number of benzene rings is 1. The molecular weight excluding hydrogens is 356 g/mol. The van der Waals surface area contributed by atoms with Gasteiger partial charge in [-0.05, 0) is 47.6 Å². The summed E-state index contributed by atoms with van der Waals surface area (Å²) in [5.41, 5.74) is 0.136. The van der Waals surface area contributed by atoms with Crippen molar-refractivity contribution in [1.29, 1.82) is 5.26 Å². The normalized spacial score (nSPS) is 18.1. The van der Waals surface area contributed by atoms with Gasteiger partial charge in [0.1, 0.15) is 23.4 Å². The lowest BCUT2D eigenvalue weighted by Crippen LogP contribution is -2.23. The molecule has 0 aliphatic heterocycles. The summed E-state index contributed by atoms with van der Waals surface area (Å²) in [6.07, 6.45) is 1.80. The number of nitrogens with one attached hydrogen (secondary N) is 2. The zero-order valence-electron chi connectivity index (χ0n) is 13.7. The fourth-order valence-electron chi connectivity index (χ4n) is 3.20. The van der Waals surface area contributed by atoms with Gasteiger partial charge in [0.2, 0.25) is 0 Å². The number of halogens is 2. The highest BCUT2D eigenvalue weighted by molar-refractivity contribution is 5.59. The number of hydrogen-bond acceptors (Lipinski definition) is 5. The van der Waals surface area contributed by atoms with Gasteiger partial charge in [0.05, 0.1) is 5.56 Å². The van der Waals surface area contributed by atoms with E-state index >= 15 is 0 Å². The van der Waals surface area contributed by atoms with Crippen LogP contribution < -0.4 is 11.2 Å². The Kier molecular flexibility index (Phi) is 3.88. The highest BCUT2D eigenvalue weighted by Gasteiger charge is 2.42. The minimum atomic E-state index is -0.663.